The Morgan fingerprint density at radius 2 is 1.58 bits per heavy atom. The molecule has 1 aliphatic rings. The van der Waals surface area contributed by atoms with Crippen molar-refractivity contribution >= 4 is 7.82 Å². The Labute approximate surface area is 152 Å². The Balaban J connectivity index is -0.000000853. The number of ether oxygens (including phenoxy) is 1. The van der Waals surface area contributed by atoms with Crippen LogP contribution in [0.3, 0.4) is 0 Å². The smallest absolute Gasteiger partial charge is 0.790 e. The van der Waals surface area contributed by atoms with Gasteiger partial charge < -0.3 is 49.5 Å². The van der Waals surface area contributed by atoms with E-state index in [1.54, 1.807) is 0 Å². The van der Waals surface area contributed by atoms with Crippen LogP contribution < -0.4 is 68.9 Å². The van der Waals surface area contributed by atoms with E-state index in [0.29, 0.717) is 0 Å². The van der Waals surface area contributed by atoms with E-state index in [4.69, 9.17) is 5.11 Å². The van der Waals surface area contributed by atoms with E-state index in [1.807, 2.05) is 0 Å². The first-order valence-electron chi connectivity index (χ1n) is 4.27. The fourth-order valence-electron chi connectivity index (χ4n) is 1.28. The summed E-state index contributed by atoms with van der Waals surface area (Å²) in [4.78, 5) is 20.6. The van der Waals surface area contributed by atoms with Gasteiger partial charge in [0.05, 0.1) is 14.4 Å². The van der Waals surface area contributed by atoms with Crippen molar-refractivity contribution in [3.63, 3.8) is 0 Å². The quantitative estimate of drug-likeness (QED) is 0.288. The van der Waals surface area contributed by atoms with E-state index in [0.717, 1.165) is 0 Å². The third kappa shape index (κ3) is 7.61. The molecule has 1 saturated heterocycles. The molecule has 1 fully saturated rings. The molecule has 0 aromatic carbocycles. The third-order valence-corrected chi connectivity index (χ3v) is 2.55. The van der Waals surface area contributed by atoms with E-state index in [9.17, 15) is 29.7 Å². The van der Waals surface area contributed by atoms with Crippen molar-refractivity contribution in [2.45, 2.75) is 30.7 Å². The second-order valence-electron chi connectivity index (χ2n) is 3.25. The minimum absolute atomic E-state index is 0. The molecule has 0 spiro atoms. The zero-order valence-corrected chi connectivity index (χ0v) is 15.3. The summed E-state index contributed by atoms with van der Waals surface area (Å²) >= 11 is 0. The van der Waals surface area contributed by atoms with Crippen LogP contribution in [-0.2, 0) is 13.8 Å². The molecule has 0 aromatic rings. The van der Waals surface area contributed by atoms with Crippen LogP contribution in [0, 0.1) is 0 Å². The standard InChI is InChI=1S/C6H13O9P.2Na.H2O/c7-1-2-3(8)4(9)5(10)6(14-2)15-16(11,12)13;;;/h2-10H,1H2,(H2,11,12,13);;;1H2/q;2*+1;/p-2/t2-,3-,4+,5-,6-;;;/m1.../s1. The molecule has 0 aliphatic carbocycles. The molecule has 6 N–H and O–H groups in total. The van der Waals surface area contributed by atoms with Gasteiger partial charge in [-0.25, -0.2) is 0 Å². The summed E-state index contributed by atoms with van der Waals surface area (Å²) in [5.74, 6) is 0. The van der Waals surface area contributed by atoms with Crippen LogP contribution in [0.4, 0.5) is 0 Å². The topological polar surface area (TPSA) is 194 Å². The fraction of sp³-hybridized carbons (Fsp3) is 1.00. The van der Waals surface area contributed by atoms with Gasteiger partial charge in [0.25, 0.3) is 0 Å². The van der Waals surface area contributed by atoms with Crippen molar-refractivity contribution in [1.29, 1.82) is 0 Å². The number of hydrogen-bond donors (Lipinski definition) is 4. The maximum Gasteiger partial charge on any atom is 1.00 e. The minimum atomic E-state index is -5.41. The van der Waals surface area contributed by atoms with Crippen molar-refractivity contribution < 1.29 is 109 Å². The number of phosphoric acid groups is 1. The number of aliphatic hydroxyl groups excluding tert-OH is 4. The summed E-state index contributed by atoms with van der Waals surface area (Å²) in [6, 6.07) is 0. The van der Waals surface area contributed by atoms with E-state index in [-0.39, 0.29) is 64.6 Å². The monoisotopic (exact) mass is 322 g/mol. The molecule has 5 atom stereocenters. The van der Waals surface area contributed by atoms with Gasteiger partial charge in [-0.3, -0.25) is 0 Å². The number of aliphatic hydroxyl groups is 4. The molecule has 1 heterocycles. The van der Waals surface area contributed by atoms with Crippen molar-refractivity contribution in [1.82, 2.24) is 0 Å². The fourth-order valence-corrected chi connectivity index (χ4v) is 1.71. The second-order valence-corrected chi connectivity index (χ2v) is 4.36. The van der Waals surface area contributed by atoms with Gasteiger partial charge in [-0.05, 0) is 0 Å². The van der Waals surface area contributed by atoms with Crippen LogP contribution in [0.25, 0.3) is 0 Å². The Morgan fingerprint density at radius 3 is 1.95 bits per heavy atom. The summed E-state index contributed by atoms with van der Waals surface area (Å²) in [5, 5.41) is 36.5. The van der Waals surface area contributed by atoms with Gasteiger partial charge in [0.2, 0.25) is 0 Å². The summed E-state index contributed by atoms with van der Waals surface area (Å²) in [6.45, 7) is -0.743. The first kappa shape index (κ1) is 25.8. The van der Waals surface area contributed by atoms with Crippen LogP contribution in [0.1, 0.15) is 0 Å². The summed E-state index contributed by atoms with van der Waals surface area (Å²) in [6.07, 6.45) is -8.61. The van der Waals surface area contributed by atoms with E-state index < -0.39 is 45.1 Å². The zero-order chi connectivity index (χ0) is 12.5. The molecule has 0 unspecified atom stereocenters. The van der Waals surface area contributed by atoms with Gasteiger partial charge in [0.15, 0.2) is 6.29 Å². The van der Waals surface area contributed by atoms with Crippen LogP contribution in [0.2, 0.25) is 0 Å². The summed E-state index contributed by atoms with van der Waals surface area (Å²) in [5.41, 5.74) is 0. The number of hydrogen-bond acceptors (Lipinski definition) is 9. The number of rotatable bonds is 3. The van der Waals surface area contributed by atoms with Gasteiger partial charge in [0.1, 0.15) is 24.4 Å². The Hall–Kier alpha value is 1.87. The maximum atomic E-state index is 10.3. The van der Waals surface area contributed by atoms with Crippen LogP contribution in [-0.4, -0.2) is 63.2 Å². The summed E-state index contributed by atoms with van der Waals surface area (Å²) in [7, 11) is -5.41. The predicted molar refractivity (Wildman–Crippen MR) is 46.1 cm³/mol. The van der Waals surface area contributed by atoms with Crippen molar-refractivity contribution in [3.05, 3.63) is 0 Å². The zero-order valence-electron chi connectivity index (χ0n) is 10.4. The largest absolute Gasteiger partial charge is 1.00 e. The molecule has 1 rings (SSSR count). The van der Waals surface area contributed by atoms with E-state index in [2.05, 4.69) is 9.26 Å². The second kappa shape index (κ2) is 10.6. The Kier molecular flexibility index (Phi) is 14.4. The molecule has 13 heteroatoms. The maximum absolute atomic E-state index is 10.3. The molecule has 0 radical (unpaired) electrons. The molecular weight excluding hydrogens is 309 g/mol. The van der Waals surface area contributed by atoms with Crippen molar-refractivity contribution in [2.24, 2.45) is 0 Å². The van der Waals surface area contributed by atoms with E-state index >= 15 is 0 Å². The first-order valence-corrected chi connectivity index (χ1v) is 5.73. The van der Waals surface area contributed by atoms with Crippen LogP contribution in [0.5, 0.6) is 0 Å². The Bertz CT molecular complexity index is 285. The molecule has 0 amide bonds. The van der Waals surface area contributed by atoms with Gasteiger partial charge in [0, 0.05) is 0 Å². The average molecular weight is 322 g/mol. The van der Waals surface area contributed by atoms with Gasteiger partial charge >= 0.3 is 59.1 Å². The van der Waals surface area contributed by atoms with Crippen LogP contribution in [0.15, 0.2) is 0 Å². The molecule has 0 bridgehead atoms. The average Bonchev–Trinajstić information content (AvgIpc) is 2.17. The number of phosphoric ester groups is 1. The van der Waals surface area contributed by atoms with Crippen molar-refractivity contribution in [2.75, 3.05) is 6.61 Å². The molecule has 0 aromatic heterocycles. The Morgan fingerprint density at radius 1 is 1.11 bits per heavy atom. The van der Waals surface area contributed by atoms with Gasteiger partial charge in [-0.15, -0.1) is 0 Å². The molecule has 0 saturated carbocycles. The van der Waals surface area contributed by atoms with Crippen molar-refractivity contribution in [3.8, 4) is 0 Å². The predicted octanol–water partition coefficient (Wildman–Crippen LogP) is -11.2. The minimum Gasteiger partial charge on any atom is -0.790 e. The molecule has 10 nitrogen and oxygen atoms in total. The van der Waals surface area contributed by atoms with Crippen LogP contribution >= 0.6 is 7.82 Å². The van der Waals surface area contributed by atoms with Gasteiger partial charge in [-0.1, -0.05) is 0 Å². The molecule has 19 heavy (non-hydrogen) atoms. The van der Waals surface area contributed by atoms with E-state index in [1.165, 1.54) is 0 Å². The molecular formula is C6H13Na2O10P. The van der Waals surface area contributed by atoms with Gasteiger partial charge in [-0.2, -0.15) is 0 Å². The molecule has 104 valence electrons. The summed E-state index contributed by atoms with van der Waals surface area (Å²) < 4.78 is 18.7. The SMILES string of the molecule is O.O=P([O-])([O-])O[C@H]1O[C@H](CO)[C@@H](O)[C@H](O)[C@H]1O.[Na+].[Na+]. The normalized spacial score (nSPS) is 34.5. The molecule has 1 aliphatic heterocycles. The first-order chi connectivity index (χ1) is 7.26. The third-order valence-electron chi connectivity index (χ3n) is 2.08.